The second kappa shape index (κ2) is 14.8. The first-order chi connectivity index (χ1) is 10.7. The molecule has 0 aliphatic carbocycles. The van der Waals surface area contributed by atoms with E-state index in [9.17, 15) is 0 Å². The summed E-state index contributed by atoms with van der Waals surface area (Å²) in [5.74, 6) is 0. The standard InChI is InChI=1S/C20H36N2/c1-6-11-12-17-20(21-18(13-7-2)14-8-3)22-19(15-9-4)16-10-5/h7-10,18-22H,2-6,11-17H2,1H3. The summed E-state index contributed by atoms with van der Waals surface area (Å²) in [7, 11) is 0. The lowest BCUT2D eigenvalue weighted by molar-refractivity contribution is 0.310. The normalized spacial score (nSPS) is 11.1. The Morgan fingerprint density at radius 1 is 0.727 bits per heavy atom. The Balaban J connectivity index is 4.66. The molecule has 0 fully saturated rings. The third kappa shape index (κ3) is 10.6. The molecule has 0 saturated heterocycles. The molecule has 0 bridgehead atoms. The molecule has 0 spiro atoms. The lowest BCUT2D eigenvalue weighted by atomic mass is 10.1. The number of rotatable bonds is 16. The Morgan fingerprint density at radius 2 is 1.14 bits per heavy atom. The van der Waals surface area contributed by atoms with Crippen molar-refractivity contribution in [2.45, 2.75) is 76.5 Å². The number of unbranched alkanes of at least 4 members (excludes halogenated alkanes) is 2. The highest BCUT2D eigenvalue weighted by Crippen LogP contribution is 2.09. The topological polar surface area (TPSA) is 24.1 Å². The molecule has 126 valence electrons. The van der Waals surface area contributed by atoms with E-state index >= 15 is 0 Å². The van der Waals surface area contributed by atoms with Crippen LogP contribution in [0, 0.1) is 0 Å². The number of hydrogen-bond acceptors (Lipinski definition) is 2. The summed E-state index contributed by atoms with van der Waals surface area (Å²) in [5.41, 5.74) is 0. The monoisotopic (exact) mass is 304 g/mol. The Hall–Kier alpha value is -1.12. The maximum absolute atomic E-state index is 3.86. The van der Waals surface area contributed by atoms with Crippen molar-refractivity contribution < 1.29 is 0 Å². The first-order valence-corrected chi connectivity index (χ1v) is 8.67. The van der Waals surface area contributed by atoms with Crippen molar-refractivity contribution in [2.75, 3.05) is 0 Å². The van der Waals surface area contributed by atoms with E-state index in [1.165, 1.54) is 19.3 Å². The third-order valence-electron chi connectivity index (χ3n) is 3.77. The van der Waals surface area contributed by atoms with E-state index in [4.69, 9.17) is 0 Å². The Labute approximate surface area is 138 Å². The van der Waals surface area contributed by atoms with Gasteiger partial charge < -0.3 is 0 Å². The molecular formula is C20H36N2. The fourth-order valence-electron chi connectivity index (χ4n) is 2.65. The van der Waals surface area contributed by atoms with E-state index in [2.05, 4.69) is 43.9 Å². The number of hydrogen-bond donors (Lipinski definition) is 2. The molecule has 0 unspecified atom stereocenters. The van der Waals surface area contributed by atoms with Crippen LogP contribution in [0.5, 0.6) is 0 Å². The molecule has 0 aliphatic heterocycles. The van der Waals surface area contributed by atoms with Crippen molar-refractivity contribution in [1.82, 2.24) is 10.6 Å². The quantitative estimate of drug-likeness (QED) is 0.235. The lowest BCUT2D eigenvalue weighted by Gasteiger charge is -2.29. The molecule has 0 heterocycles. The van der Waals surface area contributed by atoms with Crippen LogP contribution in [-0.4, -0.2) is 18.2 Å². The maximum Gasteiger partial charge on any atom is 0.0576 e. The second-order valence-electron chi connectivity index (χ2n) is 5.87. The molecule has 2 N–H and O–H groups in total. The minimum absolute atomic E-state index is 0.321. The summed E-state index contributed by atoms with van der Waals surface area (Å²) in [6.45, 7) is 17.7. The van der Waals surface area contributed by atoms with E-state index in [1.54, 1.807) is 0 Å². The van der Waals surface area contributed by atoms with Crippen molar-refractivity contribution >= 4 is 0 Å². The zero-order valence-electron chi connectivity index (χ0n) is 14.5. The first-order valence-electron chi connectivity index (χ1n) is 8.67. The summed E-state index contributed by atoms with van der Waals surface area (Å²) >= 11 is 0. The molecule has 22 heavy (non-hydrogen) atoms. The highest BCUT2D eigenvalue weighted by Gasteiger charge is 2.16. The molecule has 0 aromatic heterocycles. The molecule has 0 amide bonds. The van der Waals surface area contributed by atoms with E-state index in [0.717, 1.165) is 32.1 Å². The van der Waals surface area contributed by atoms with Crippen molar-refractivity contribution in [3.63, 3.8) is 0 Å². The Morgan fingerprint density at radius 3 is 1.45 bits per heavy atom. The van der Waals surface area contributed by atoms with Gasteiger partial charge in [-0.3, -0.25) is 10.6 Å². The van der Waals surface area contributed by atoms with Crippen molar-refractivity contribution in [3.05, 3.63) is 50.6 Å². The largest absolute Gasteiger partial charge is 0.298 e. The van der Waals surface area contributed by atoms with E-state index in [-0.39, 0.29) is 0 Å². The maximum atomic E-state index is 3.86. The highest BCUT2D eigenvalue weighted by atomic mass is 15.1. The van der Waals surface area contributed by atoms with Crippen LogP contribution < -0.4 is 10.6 Å². The van der Waals surface area contributed by atoms with Crippen molar-refractivity contribution in [3.8, 4) is 0 Å². The first kappa shape index (κ1) is 20.9. The molecule has 0 aromatic carbocycles. The predicted molar refractivity (Wildman–Crippen MR) is 101 cm³/mol. The van der Waals surface area contributed by atoms with Gasteiger partial charge in [0.1, 0.15) is 0 Å². The smallest absolute Gasteiger partial charge is 0.0576 e. The van der Waals surface area contributed by atoms with Gasteiger partial charge in [-0.05, 0) is 32.1 Å². The van der Waals surface area contributed by atoms with Gasteiger partial charge in [0, 0.05) is 12.1 Å². The summed E-state index contributed by atoms with van der Waals surface area (Å²) in [6.07, 6.45) is 17.0. The Kier molecular flexibility index (Phi) is 14.0. The van der Waals surface area contributed by atoms with Crippen LogP contribution in [0.3, 0.4) is 0 Å². The van der Waals surface area contributed by atoms with Gasteiger partial charge >= 0.3 is 0 Å². The predicted octanol–water partition coefficient (Wildman–Crippen LogP) is 5.11. The molecule has 2 nitrogen and oxygen atoms in total. The summed E-state index contributed by atoms with van der Waals surface area (Å²) in [5, 5.41) is 7.48. The Bertz CT molecular complexity index is 263. The van der Waals surface area contributed by atoms with E-state index in [0.29, 0.717) is 18.2 Å². The van der Waals surface area contributed by atoms with E-state index < -0.39 is 0 Å². The summed E-state index contributed by atoms with van der Waals surface area (Å²) < 4.78 is 0. The highest BCUT2D eigenvalue weighted by molar-refractivity contribution is 4.89. The second-order valence-corrected chi connectivity index (χ2v) is 5.87. The molecule has 0 atom stereocenters. The van der Waals surface area contributed by atoms with Crippen LogP contribution in [0.4, 0.5) is 0 Å². The van der Waals surface area contributed by atoms with Crippen molar-refractivity contribution in [1.29, 1.82) is 0 Å². The fraction of sp³-hybridized carbons (Fsp3) is 0.600. The van der Waals surface area contributed by atoms with Gasteiger partial charge in [0.15, 0.2) is 0 Å². The third-order valence-corrected chi connectivity index (χ3v) is 3.77. The van der Waals surface area contributed by atoms with Gasteiger partial charge in [0.2, 0.25) is 0 Å². The number of nitrogens with one attached hydrogen (secondary N) is 2. The van der Waals surface area contributed by atoms with Gasteiger partial charge in [-0.1, -0.05) is 50.5 Å². The zero-order chi connectivity index (χ0) is 16.6. The van der Waals surface area contributed by atoms with Crippen LogP contribution >= 0.6 is 0 Å². The molecule has 0 aliphatic rings. The van der Waals surface area contributed by atoms with Gasteiger partial charge in [0.25, 0.3) is 0 Å². The molecule has 0 radical (unpaired) electrons. The lowest BCUT2D eigenvalue weighted by Crippen LogP contribution is -2.50. The molecule has 2 heteroatoms. The fourth-order valence-corrected chi connectivity index (χ4v) is 2.65. The summed E-state index contributed by atoms with van der Waals surface area (Å²) in [4.78, 5) is 0. The van der Waals surface area contributed by atoms with Crippen molar-refractivity contribution in [2.24, 2.45) is 0 Å². The van der Waals surface area contributed by atoms with Crippen LogP contribution in [0.2, 0.25) is 0 Å². The molecule has 0 aromatic rings. The average Bonchev–Trinajstić information content (AvgIpc) is 2.48. The van der Waals surface area contributed by atoms with Crippen LogP contribution in [0.1, 0.15) is 58.3 Å². The van der Waals surface area contributed by atoms with Gasteiger partial charge in [-0.2, -0.15) is 0 Å². The molecular weight excluding hydrogens is 268 g/mol. The SMILES string of the molecule is C=CCC(CC=C)NC(CCCCC)NC(CC=C)CC=C. The average molecular weight is 305 g/mol. The molecule has 0 rings (SSSR count). The minimum atomic E-state index is 0.321. The zero-order valence-corrected chi connectivity index (χ0v) is 14.5. The molecule has 0 saturated carbocycles. The van der Waals surface area contributed by atoms with Gasteiger partial charge in [-0.15, -0.1) is 26.3 Å². The minimum Gasteiger partial charge on any atom is -0.298 e. The van der Waals surface area contributed by atoms with Gasteiger partial charge in [-0.25, -0.2) is 0 Å². The summed E-state index contributed by atoms with van der Waals surface area (Å²) in [6, 6.07) is 0.810. The van der Waals surface area contributed by atoms with E-state index in [1.807, 2.05) is 24.3 Å². The van der Waals surface area contributed by atoms with Gasteiger partial charge in [0.05, 0.1) is 6.17 Å². The van der Waals surface area contributed by atoms with Crippen LogP contribution in [0.25, 0.3) is 0 Å². The van der Waals surface area contributed by atoms with Crippen LogP contribution in [-0.2, 0) is 0 Å². The van der Waals surface area contributed by atoms with Crippen LogP contribution in [0.15, 0.2) is 50.6 Å².